The minimum Gasteiger partial charge on any atom is -0.309 e. The summed E-state index contributed by atoms with van der Waals surface area (Å²) in [6.07, 6.45) is 6.50. The van der Waals surface area contributed by atoms with Crippen molar-refractivity contribution in [3.05, 3.63) is 41.5 Å². The summed E-state index contributed by atoms with van der Waals surface area (Å²) >= 11 is 0. The topological polar surface area (TPSA) is 12.0 Å². The van der Waals surface area contributed by atoms with Crippen LogP contribution in [0.4, 0.5) is 0 Å². The Hall–Kier alpha value is -1.08. The summed E-state index contributed by atoms with van der Waals surface area (Å²) in [5.74, 6) is 0.847. The van der Waals surface area contributed by atoms with Crippen molar-refractivity contribution in [2.75, 3.05) is 13.1 Å². The molecule has 0 amide bonds. The molecule has 1 saturated carbocycles. The highest BCUT2D eigenvalue weighted by Gasteiger charge is 2.19. The van der Waals surface area contributed by atoms with Crippen molar-refractivity contribution in [1.29, 1.82) is 0 Å². The van der Waals surface area contributed by atoms with Gasteiger partial charge in [-0.1, -0.05) is 36.8 Å². The van der Waals surface area contributed by atoms with Gasteiger partial charge < -0.3 is 5.32 Å². The third kappa shape index (κ3) is 1.72. The van der Waals surface area contributed by atoms with Crippen molar-refractivity contribution < 1.29 is 0 Å². The lowest BCUT2D eigenvalue weighted by atomic mass is 9.79. The second kappa shape index (κ2) is 3.82. The van der Waals surface area contributed by atoms with E-state index >= 15 is 0 Å². The summed E-state index contributed by atoms with van der Waals surface area (Å²) < 4.78 is 0. The van der Waals surface area contributed by atoms with Gasteiger partial charge in [0.05, 0.1) is 0 Å². The van der Waals surface area contributed by atoms with Gasteiger partial charge in [-0.2, -0.15) is 0 Å². The fourth-order valence-electron chi connectivity index (χ4n) is 2.43. The molecule has 0 unspecified atom stereocenters. The van der Waals surface area contributed by atoms with Gasteiger partial charge in [-0.25, -0.2) is 0 Å². The van der Waals surface area contributed by atoms with Crippen molar-refractivity contribution in [2.24, 2.45) is 0 Å². The molecule has 0 spiro atoms. The van der Waals surface area contributed by atoms with Crippen LogP contribution in [0.1, 0.15) is 36.3 Å². The van der Waals surface area contributed by atoms with Crippen LogP contribution in [0.25, 0.3) is 5.57 Å². The molecule has 78 valence electrons. The van der Waals surface area contributed by atoms with Gasteiger partial charge in [0, 0.05) is 13.1 Å². The molecule has 1 heteroatoms. The van der Waals surface area contributed by atoms with E-state index in [0.717, 1.165) is 19.0 Å². The van der Waals surface area contributed by atoms with Gasteiger partial charge in [0.2, 0.25) is 0 Å². The predicted octanol–water partition coefficient (Wildman–Crippen LogP) is 2.94. The van der Waals surface area contributed by atoms with Crippen LogP contribution in [0.15, 0.2) is 30.3 Å². The van der Waals surface area contributed by atoms with Crippen LogP contribution in [-0.2, 0) is 0 Å². The van der Waals surface area contributed by atoms with E-state index in [2.05, 4.69) is 35.7 Å². The van der Waals surface area contributed by atoms with Crippen LogP contribution in [0.2, 0.25) is 0 Å². The summed E-state index contributed by atoms with van der Waals surface area (Å²) in [6.45, 7) is 2.07. The van der Waals surface area contributed by atoms with E-state index < -0.39 is 0 Å². The third-order valence-electron chi connectivity index (χ3n) is 3.64. The molecular weight excluding hydrogens is 182 g/mol. The van der Waals surface area contributed by atoms with E-state index in [9.17, 15) is 0 Å². The number of nitrogens with one attached hydrogen (secondary N) is 1. The van der Waals surface area contributed by atoms with E-state index in [4.69, 9.17) is 0 Å². The van der Waals surface area contributed by atoms with Crippen molar-refractivity contribution in [3.63, 3.8) is 0 Å². The highest BCUT2D eigenvalue weighted by atomic mass is 14.9. The molecule has 1 heterocycles. The summed E-state index contributed by atoms with van der Waals surface area (Å²) in [5, 5.41) is 3.35. The zero-order valence-electron chi connectivity index (χ0n) is 9.00. The molecule has 1 nitrogen and oxygen atoms in total. The molecule has 1 aliphatic carbocycles. The maximum absolute atomic E-state index is 3.35. The molecule has 1 aromatic rings. The molecule has 1 fully saturated rings. The molecule has 3 rings (SSSR count). The Balaban J connectivity index is 1.88. The monoisotopic (exact) mass is 199 g/mol. The van der Waals surface area contributed by atoms with Crippen LogP contribution in [0, 0.1) is 0 Å². The second-order valence-corrected chi connectivity index (χ2v) is 4.61. The van der Waals surface area contributed by atoms with Gasteiger partial charge in [0.15, 0.2) is 0 Å². The lowest BCUT2D eigenvalue weighted by molar-refractivity contribution is 0.419. The van der Waals surface area contributed by atoms with Gasteiger partial charge in [-0.05, 0) is 35.5 Å². The minimum absolute atomic E-state index is 0.847. The molecular formula is C14H17N. The van der Waals surface area contributed by atoms with Gasteiger partial charge in [0.25, 0.3) is 0 Å². The summed E-state index contributed by atoms with van der Waals surface area (Å²) in [4.78, 5) is 0. The first kappa shape index (κ1) is 9.17. The SMILES string of the molecule is C1=C(c2cccc(C3CCC3)c2)CNC1. The predicted molar refractivity (Wildman–Crippen MR) is 63.9 cm³/mol. The van der Waals surface area contributed by atoms with Crippen molar-refractivity contribution in [2.45, 2.75) is 25.2 Å². The Morgan fingerprint density at radius 3 is 2.80 bits per heavy atom. The molecule has 1 N–H and O–H groups in total. The van der Waals surface area contributed by atoms with Crippen LogP contribution >= 0.6 is 0 Å². The number of benzene rings is 1. The minimum atomic E-state index is 0.847. The molecule has 1 aromatic carbocycles. The van der Waals surface area contributed by atoms with Gasteiger partial charge in [-0.15, -0.1) is 0 Å². The Labute approximate surface area is 91.2 Å². The fourth-order valence-corrected chi connectivity index (χ4v) is 2.43. The smallest absolute Gasteiger partial charge is 0.0211 e. The number of hydrogen-bond acceptors (Lipinski definition) is 1. The Morgan fingerprint density at radius 1 is 1.20 bits per heavy atom. The highest BCUT2D eigenvalue weighted by Crippen LogP contribution is 2.37. The van der Waals surface area contributed by atoms with Crippen molar-refractivity contribution in [3.8, 4) is 0 Å². The molecule has 0 radical (unpaired) electrons. The molecule has 1 aliphatic heterocycles. The van der Waals surface area contributed by atoms with Crippen LogP contribution in [0.3, 0.4) is 0 Å². The maximum Gasteiger partial charge on any atom is 0.0211 e. The van der Waals surface area contributed by atoms with E-state index in [1.54, 1.807) is 5.56 Å². The fraction of sp³-hybridized carbons (Fsp3) is 0.429. The summed E-state index contributed by atoms with van der Waals surface area (Å²) in [5.41, 5.74) is 4.44. The van der Waals surface area contributed by atoms with Gasteiger partial charge in [-0.3, -0.25) is 0 Å². The largest absolute Gasteiger partial charge is 0.309 e. The van der Waals surface area contributed by atoms with Crippen molar-refractivity contribution >= 4 is 5.57 Å². The molecule has 0 saturated heterocycles. The van der Waals surface area contributed by atoms with Crippen LogP contribution in [-0.4, -0.2) is 13.1 Å². The molecule has 2 aliphatic rings. The first-order valence-corrected chi connectivity index (χ1v) is 5.93. The lowest BCUT2D eigenvalue weighted by Gasteiger charge is -2.26. The third-order valence-corrected chi connectivity index (χ3v) is 3.64. The average molecular weight is 199 g/mol. The summed E-state index contributed by atoms with van der Waals surface area (Å²) in [7, 11) is 0. The van der Waals surface area contributed by atoms with Gasteiger partial charge in [0.1, 0.15) is 0 Å². The quantitative estimate of drug-likeness (QED) is 0.772. The Bertz CT molecular complexity index is 388. The van der Waals surface area contributed by atoms with Gasteiger partial charge >= 0.3 is 0 Å². The van der Waals surface area contributed by atoms with Crippen LogP contribution < -0.4 is 5.32 Å². The Kier molecular flexibility index (Phi) is 2.34. The highest BCUT2D eigenvalue weighted by molar-refractivity contribution is 5.69. The average Bonchev–Trinajstić information content (AvgIpc) is 2.68. The number of rotatable bonds is 2. The maximum atomic E-state index is 3.35. The van der Waals surface area contributed by atoms with E-state index in [0.29, 0.717) is 0 Å². The molecule has 0 atom stereocenters. The zero-order valence-corrected chi connectivity index (χ0v) is 9.00. The number of hydrogen-bond donors (Lipinski definition) is 1. The zero-order chi connectivity index (χ0) is 10.1. The molecule has 0 bridgehead atoms. The second-order valence-electron chi connectivity index (χ2n) is 4.61. The standard InChI is InChI=1S/C14H17N/c1-3-11(4-1)12-5-2-6-13(9-12)14-7-8-15-10-14/h2,5-7,9,11,15H,1,3-4,8,10H2. The first-order chi connectivity index (χ1) is 7.43. The van der Waals surface area contributed by atoms with Crippen molar-refractivity contribution in [1.82, 2.24) is 5.32 Å². The van der Waals surface area contributed by atoms with E-state index in [-0.39, 0.29) is 0 Å². The Morgan fingerprint density at radius 2 is 2.13 bits per heavy atom. The van der Waals surface area contributed by atoms with Crippen LogP contribution in [0.5, 0.6) is 0 Å². The molecule has 0 aromatic heterocycles. The first-order valence-electron chi connectivity index (χ1n) is 5.93. The van der Waals surface area contributed by atoms with E-state index in [1.165, 1.54) is 30.4 Å². The van der Waals surface area contributed by atoms with E-state index in [1.807, 2.05) is 0 Å². The lowest BCUT2D eigenvalue weighted by Crippen LogP contribution is -2.10. The summed E-state index contributed by atoms with van der Waals surface area (Å²) in [6, 6.07) is 9.13. The molecule has 15 heavy (non-hydrogen) atoms. The normalized spacial score (nSPS) is 21.2.